The predicted octanol–water partition coefficient (Wildman–Crippen LogP) is 0.614. The molecule has 120 valence electrons. The van der Waals surface area contributed by atoms with E-state index in [2.05, 4.69) is 20.2 Å². The molecule has 21 heavy (non-hydrogen) atoms. The summed E-state index contributed by atoms with van der Waals surface area (Å²) in [4.78, 5) is 0. The number of H-pyrrole nitrogens is 1. The van der Waals surface area contributed by atoms with E-state index >= 15 is 0 Å². The third-order valence-corrected chi connectivity index (χ3v) is 5.36. The molecule has 1 saturated carbocycles. The van der Waals surface area contributed by atoms with Crippen LogP contribution in [-0.2, 0) is 21.3 Å². The van der Waals surface area contributed by atoms with E-state index in [0.29, 0.717) is 25.3 Å². The van der Waals surface area contributed by atoms with E-state index in [-0.39, 0.29) is 10.4 Å². The second-order valence-electron chi connectivity index (χ2n) is 5.57. The molecule has 1 aliphatic rings. The first-order valence-corrected chi connectivity index (χ1v) is 8.73. The molecule has 0 amide bonds. The highest BCUT2D eigenvalue weighted by Crippen LogP contribution is 2.48. The number of rotatable bonds is 10. The molecule has 0 radical (unpaired) electrons. The molecule has 0 saturated heterocycles. The SMILES string of the molecule is CCNCc1cn[nH]c1S(=O)(=O)NCC1(CCOC)CC1. The Morgan fingerprint density at radius 1 is 1.48 bits per heavy atom. The van der Waals surface area contributed by atoms with Crippen LogP contribution in [-0.4, -0.2) is 45.4 Å². The van der Waals surface area contributed by atoms with Crippen molar-refractivity contribution in [3.8, 4) is 0 Å². The van der Waals surface area contributed by atoms with Gasteiger partial charge in [-0.2, -0.15) is 5.10 Å². The highest BCUT2D eigenvalue weighted by Gasteiger charge is 2.42. The topological polar surface area (TPSA) is 96.1 Å². The summed E-state index contributed by atoms with van der Waals surface area (Å²) in [6.45, 7) is 4.35. The zero-order valence-corrected chi connectivity index (χ0v) is 13.4. The molecule has 1 aliphatic carbocycles. The molecule has 1 heterocycles. The highest BCUT2D eigenvalue weighted by atomic mass is 32.2. The van der Waals surface area contributed by atoms with Gasteiger partial charge in [-0.3, -0.25) is 5.10 Å². The summed E-state index contributed by atoms with van der Waals surface area (Å²) in [6.07, 6.45) is 4.53. The van der Waals surface area contributed by atoms with Gasteiger partial charge in [0.05, 0.1) is 6.20 Å². The normalized spacial score (nSPS) is 17.0. The van der Waals surface area contributed by atoms with Crippen LogP contribution in [0.5, 0.6) is 0 Å². The lowest BCUT2D eigenvalue weighted by Crippen LogP contribution is -2.32. The average Bonchev–Trinajstić information content (AvgIpc) is 3.08. The van der Waals surface area contributed by atoms with Crippen molar-refractivity contribution in [3.63, 3.8) is 0 Å². The van der Waals surface area contributed by atoms with Crippen molar-refractivity contribution in [1.29, 1.82) is 0 Å². The molecule has 2 rings (SSSR count). The van der Waals surface area contributed by atoms with Crippen molar-refractivity contribution in [1.82, 2.24) is 20.2 Å². The first-order valence-electron chi connectivity index (χ1n) is 7.24. The van der Waals surface area contributed by atoms with Crippen molar-refractivity contribution in [2.75, 3.05) is 26.8 Å². The summed E-state index contributed by atoms with van der Waals surface area (Å²) >= 11 is 0. The van der Waals surface area contributed by atoms with Gasteiger partial charge in [-0.15, -0.1) is 0 Å². The Bertz CT molecular complexity index is 552. The van der Waals surface area contributed by atoms with Gasteiger partial charge in [0.15, 0.2) is 5.03 Å². The molecule has 0 spiro atoms. The first-order chi connectivity index (χ1) is 10.0. The van der Waals surface area contributed by atoms with Crippen LogP contribution in [0.15, 0.2) is 11.2 Å². The summed E-state index contributed by atoms with van der Waals surface area (Å²) in [6, 6.07) is 0. The second kappa shape index (κ2) is 6.87. The molecule has 1 aromatic heterocycles. The third kappa shape index (κ3) is 4.26. The molecule has 0 unspecified atom stereocenters. The zero-order valence-electron chi connectivity index (χ0n) is 12.6. The molecule has 0 atom stereocenters. The summed E-state index contributed by atoms with van der Waals surface area (Å²) in [5.41, 5.74) is 0.733. The fourth-order valence-electron chi connectivity index (χ4n) is 2.25. The number of hydrogen-bond donors (Lipinski definition) is 3. The van der Waals surface area contributed by atoms with Crippen LogP contribution in [0.2, 0.25) is 0 Å². The van der Waals surface area contributed by atoms with Crippen molar-refractivity contribution < 1.29 is 13.2 Å². The maximum Gasteiger partial charge on any atom is 0.257 e. The monoisotopic (exact) mass is 316 g/mol. The van der Waals surface area contributed by atoms with Gasteiger partial charge < -0.3 is 10.1 Å². The second-order valence-corrected chi connectivity index (χ2v) is 7.28. The van der Waals surface area contributed by atoms with Crippen LogP contribution in [0.25, 0.3) is 0 Å². The number of sulfonamides is 1. The Balaban J connectivity index is 1.97. The van der Waals surface area contributed by atoms with Crippen molar-refractivity contribution >= 4 is 10.0 Å². The highest BCUT2D eigenvalue weighted by molar-refractivity contribution is 7.89. The third-order valence-electron chi connectivity index (χ3n) is 3.94. The van der Waals surface area contributed by atoms with Gasteiger partial charge >= 0.3 is 0 Å². The molecular formula is C13H24N4O3S. The Morgan fingerprint density at radius 3 is 2.86 bits per heavy atom. The lowest BCUT2D eigenvalue weighted by molar-refractivity contribution is 0.173. The van der Waals surface area contributed by atoms with Crippen LogP contribution in [0.3, 0.4) is 0 Å². The quantitative estimate of drug-likeness (QED) is 0.588. The van der Waals surface area contributed by atoms with Gasteiger partial charge in [-0.1, -0.05) is 6.92 Å². The molecule has 8 heteroatoms. The van der Waals surface area contributed by atoms with Crippen LogP contribution < -0.4 is 10.0 Å². The number of aromatic nitrogens is 2. The van der Waals surface area contributed by atoms with E-state index in [1.165, 1.54) is 0 Å². The van der Waals surface area contributed by atoms with Crippen molar-refractivity contribution in [2.24, 2.45) is 5.41 Å². The van der Waals surface area contributed by atoms with Crippen LogP contribution >= 0.6 is 0 Å². The minimum absolute atomic E-state index is 0.0743. The van der Waals surface area contributed by atoms with E-state index in [4.69, 9.17) is 4.74 Å². The van der Waals surface area contributed by atoms with Crippen molar-refractivity contribution in [3.05, 3.63) is 11.8 Å². The number of ether oxygens (including phenoxy) is 1. The molecule has 1 aromatic rings. The Hall–Kier alpha value is -0.960. The van der Waals surface area contributed by atoms with E-state index in [1.54, 1.807) is 13.3 Å². The lowest BCUT2D eigenvalue weighted by atomic mass is 10.0. The van der Waals surface area contributed by atoms with Crippen LogP contribution in [0.1, 0.15) is 31.7 Å². The number of nitrogens with one attached hydrogen (secondary N) is 3. The minimum Gasteiger partial charge on any atom is -0.385 e. The van der Waals surface area contributed by atoms with Crippen molar-refractivity contribution in [2.45, 2.75) is 37.8 Å². The predicted molar refractivity (Wildman–Crippen MR) is 79.3 cm³/mol. The van der Waals surface area contributed by atoms with E-state index in [9.17, 15) is 8.42 Å². The van der Waals surface area contributed by atoms with E-state index < -0.39 is 10.0 Å². The largest absolute Gasteiger partial charge is 0.385 e. The molecule has 0 bridgehead atoms. The Kier molecular flexibility index (Phi) is 5.37. The van der Waals surface area contributed by atoms with Gasteiger partial charge in [-0.25, -0.2) is 13.1 Å². The fourth-order valence-corrected chi connectivity index (χ4v) is 3.53. The summed E-state index contributed by atoms with van der Waals surface area (Å²) in [5.74, 6) is 0. The maximum atomic E-state index is 12.4. The smallest absolute Gasteiger partial charge is 0.257 e. The molecule has 7 nitrogen and oxygen atoms in total. The molecule has 3 N–H and O–H groups in total. The first kappa shape index (κ1) is 16.4. The number of hydrogen-bond acceptors (Lipinski definition) is 5. The van der Waals surface area contributed by atoms with E-state index in [1.807, 2.05) is 6.92 Å². The van der Waals surface area contributed by atoms with Gasteiger partial charge in [-0.05, 0) is 31.2 Å². The Morgan fingerprint density at radius 2 is 2.24 bits per heavy atom. The average molecular weight is 316 g/mol. The van der Waals surface area contributed by atoms with Crippen LogP contribution in [0.4, 0.5) is 0 Å². The molecule has 1 fully saturated rings. The van der Waals surface area contributed by atoms with Gasteiger partial charge in [0.25, 0.3) is 10.0 Å². The molecule has 0 aliphatic heterocycles. The molecule has 0 aromatic carbocycles. The Labute approximate surface area is 125 Å². The number of nitrogens with zero attached hydrogens (tertiary/aromatic N) is 1. The lowest BCUT2D eigenvalue weighted by Gasteiger charge is -2.15. The summed E-state index contributed by atoms with van der Waals surface area (Å²) < 4.78 is 32.6. The van der Waals surface area contributed by atoms with Crippen LogP contribution in [0, 0.1) is 5.41 Å². The van der Waals surface area contributed by atoms with E-state index in [0.717, 1.165) is 25.8 Å². The number of aromatic amines is 1. The zero-order chi connectivity index (χ0) is 15.3. The van der Waals surface area contributed by atoms with Gasteiger partial charge in [0, 0.05) is 32.4 Å². The summed E-state index contributed by atoms with van der Waals surface area (Å²) in [5, 5.41) is 9.70. The number of methoxy groups -OCH3 is 1. The van der Waals surface area contributed by atoms with Gasteiger partial charge in [0.2, 0.25) is 0 Å². The maximum absolute atomic E-state index is 12.4. The molecular weight excluding hydrogens is 292 g/mol. The van der Waals surface area contributed by atoms with Gasteiger partial charge in [0.1, 0.15) is 0 Å². The fraction of sp³-hybridized carbons (Fsp3) is 0.769. The minimum atomic E-state index is -3.55. The summed E-state index contributed by atoms with van der Waals surface area (Å²) in [7, 11) is -1.88. The standard InChI is InChI=1S/C13H24N4O3S/c1-3-14-8-11-9-15-17-12(11)21(18,19)16-10-13(4-5-13)6-7-20-2/h9,14,16H,3-8,10H2,1-2H3,(H,15,17).